The molecule has 0 spiro atoms. The van der Waals surface area contributed by atoms with Crippen molar-refractivity contribution in [2.75, 3.05) is 12.3 Å². The summed E-state index contributed by atoms with van der Waals surface area (Å²) in [4.78, 5) is 6.75. The molecule has 0 saturated heterocycles. The molecule has 1 aromatic carbocycles. The number of unbranched alkanes of at least 4 members (excludes halogenated alkanes) is 1. The molecule has 0 N–H and O–H groups in total. The quantitative estimate of drug-likeness (QED) is 0.585. The molecule has 1 saturated carbocycles. The van der Waals surface area contributed by atoms with Crippen LogP contribution in [0.4, 0.5) is 0 Å². The molecule has 27 heavy (non-hydrogen) atoms. The van der Waals surface area contributed by atoms with Crippen molar-refractivity contribution in [3.63, 3.8) is 0 Å². The van der Waals surface area contributed by atoms with E-state index in [1.54, 1.807) is 13.1 Å². The van der Waals surface area contributed by atoms with Gasteiger partial charge in [-0.1, -0.05) is 50.6 Å². The number of benzene rings is 1. The number of imidazole rings is 1. The Morgan fingerprint density at radius 3 is 2.52 bits per heavy atom. The van der Waals surface area contributed by atoms with Gasteiger partial charge in [-0.15, -0.1) is 0 Å². The first kappa shape index (κ1) is 20.1. The molecule has 1 heterocycles. The Kier molecular flexibility index (Phi) is 6.71. The lowest BCUT2D eigenvalue weighted by atomic mass is 10.2. The number of hydrogen-bond acceptors (Lipinski definition) is 4. The average Bonchev–Trinajstić information content (AvgIpc) is 3.39. The highest BCUT2D eigenvalue weighted by molar-refractivity contribution is 7.91. The van der Waals surface area contributed by atoms with E-state index >= 15 is 0 Å². The maximum atomic E-state index is 12.5. The third-order valence-electron chi connectivity index (χ3n) is 5.14. The summed E-state index contributed by atoms with van der Waals surface area (Å²) in [6.07, 6.45) is 6.35. The van der Waals surface area contributed by atoms with Gasteiger partial charge in [-0.2, -0.15) is 0 Å². The van der Waals surface area contributed by atoms with Gasteiger partial charge in [0, 0.05) is 26.2 Å². The zero-order valence-electron chi connectivity index (χ0n) is 16.5. The van der Waals surface area contributed by atoms with Crippen LogP contribution < -0.4 is 0 Å². The lowest BCUT2D eigenvalue weighted by Gasteiger charge is -2.23. The van der Waals surface area contributed by atoms with Crippen molar-refractivity contribution in [2.45, 2.75) is 64.3 Å². The second-order valence-corrected chi connectivity index (χ2v) is 9.71. The summed E-state index contributed by atoms with van der Waals surface area (Å²) >= 11 is 0. The standard InChI is InChI=1S/C21H31N3O2S/c1-3-5-13-24-20(14-22-21(24)27(25,26)4-2)17-23(16-19-11-12-19)15-18-9-7-6-8-10-18/h6-10,14,19H,3-5,11-13,15-17H2,1-2H3. The minimum Gasteiger partial charge on any atom is -0.318 e. The zero-order valence-corrected chi connectivity index (χ0v) is 17.3. The predicted molar refractivity (Wildman–Crippen MR) is 108 cm³/mol. The first-order chi connectivity index (χ1) is 13.0. The maximum Gasteiger partial charge on any atom is 0.227 e. The third-order valence-corrected chi connectivity index (χ3v) is 6.79. The second kappa shape index (κ2) is 9.02. The highest BCUT2D eigenvalue weighted by Crippen LogP contribution is 2.31. The summed E-state index contributed by atoms with van der Waals surface area (Å²) < 4.78 is 26.9. The summed E-state index contributed by atoms with van der Waals surface area (Å²) in [5.74, 6) is 0.866. The lowest BCUT2D eigenvalue weighted by molar-refractivity contribution is 0.238. The van der Waals surface area contributed by atoms with Crippen molar-refractivity contribution in [1.82, 2.24) is 14.5 Å². The van der Waals surface area contributed by atoms with E-state index in [2.05, 4.69) is 41.1 Å². The molecule has 148 valence electrons. The van der Waals surface area contributed by atoms with Crippen LogP contribution in [0.2, 0.25) is 0 Å². The van der Waals surface area contributed by atoms with E-state index in [1.165, 1.54) is 18.4 Å². The molecule has 0 bridgehead atoms. The first-order valence-corrected chi connectivity index (χ1v) is 11.7. The van der Waals surface area contributed by atoms with Crippen LogP contribution in [0.25, 0.3) is 0 Å². The number of rotatable bonds is 11. The SMILES string of the molecule is CCCCn1c(CN(Cc2ccccc2)CC2CC2)cnc1S(=O)(=O)CC. The molecule has 1 fully saturated rings. The molecule has 5 nitrogen and oxygen atoms in total. The summed E-state index contributed by atoms with van der Waals surface area (Å²) in [6.45, 7) is 7.20. The van der Waals surface area contributed by atoms with E-state index in [9.17, 15) is 8.42 Å². The van der Waals surface area contributed by atoms with Gasteiger partial charge in [-0.05, 0) is 30.7 Å². The fourth-order valence-corrected chi connectivity index (χ4v) is 4.39. The zero-order chi connectivity index (χ0) is 19.3. The van der Waals surface area contributed by atoms with Crippen molar-refractivity contribution in [3.8, 4) is 0 Å². The Labute approximate surface area is 163 Å². The van der Waals surface area contributed by atoms with Gasteiger partial charge in [-0.3, -0.25) is 4.90 Å². The van der Waals surface area contributed by atoms with Gasteiger partial charge in [0.05, 0.1) is 17.6 Å². The highest BCUT2D eigenvalue weighted by Gasteiger charge is 2.26. The average molecular weight is 390 g/mol. The van der Waals surface area contributed by atoms with Gasteiger partial charge in [0.15, 0.2) is 0 Å². The van der Waals surface area contributed by atoms with Gasteiger partial charge in [0.2, 0.25) is 15.0 Å². The van der Waals surface area contributed by atoms with Crippen LogP contribution in [0.5, 0.6) is 0 Å². The maximum absolute atomic E-state index is 12.5. The Bertz CT molecular complexity index is 826. The molecule has 6 heteroatoms. The Hall–Kier alpha value is -1.66. The fraction of sp³-hybridized carbons (Fsp3) is 0.571. The molecular weight excluding hydrogens is 358 g/mol. The van der Waals surface area contributed by atoms with Gasteiger partial charge in [0.25, 0.3) is 0 Å². The van der Waals surface area contributed by atoms with Crippen molar-refractivity contribution < 1.29 is 8.42 Å². The molecule has 1 aliphatic rings. The van der Waals surface area contributed by atoms with E-state index in [4.69, 9.17) is 0 Å². The van der Waals surface area contributed by atoms with Gasteiger partial charge >= 0.3 is 0 Å². The third kappa shape index (κ3) is 5.42. The number of aromatic nitrogens is 2. The highest BCUT2D eigenvalue weighted by atomic mass is 32.2. The van der Waals surface area contributed by atoms with Crippen molar-refractivity contribution in [2.24, 2.45) is 5.92 Å². The minimum absolute atomic E-state index is 0.0887. The predicted octanol–water partition coefficient (Wildman–Crippen LogP) is 3.89. The topological polar surface area (TPSA) is 55.2 Å². The fourth-order valence-electron chi connectivity index (χ4n) is 3.37. The molecule has 0 amide bonds. The van der Waals surface area contributed by atoms with Crippen molar-refractivity contribution in [1.29, 1.82) is 0 Å². The van der Waals surface area contributed by atoms with Crippen molar-refractivity contribution >= 4 is 9.84 Å². The molecular formula is C21H31N3O2S. The Balaban J connectivity index is 1.83. The van der Waals surface area contributed by atoms with Crippen LogP contribution in [0.15, 0.2) is 41.7 Å². The van der Waals surface area contributed by atoms with E-state index in [0.29, 0.717) is 6.54 Å². The lowest BCUT2D eigenvalue weighted by Crippen LogP contribution is -2.27. The monoisotopic (exact) mass is 389 g/mol. The smallest absolute Gasteiger partial charge is 0.227 e. The van der Waals surface area contributed by atoms with Crippen LogP contribution in [-0.2, 0) is 29.5 Å². The van der Waals surface area contributed by atoms with E-state index in [0.717, 1.165) is 44.1 Å². The molecule has 0 radical (unpaired) electrons. The van der Waals surface area contributed by atoms with Crippen LogP contribution in [0, 0.1) is 5.92 Å². The molecule has 0 unspecified atom stereocenters. The normalized spacial score (nSPS) is 14.8. The van der Waals surface area contributed by atoms with E-state index in [-0.39, 0.29) is 10.9 Å². The van der Waals surface area contributed by atoms with Gasteiger partial charge < -0.3 is 4.57 Å². The number of nitrogens with zero attached hydrogens (tertiary/aromatic N) is 3. The summed E-state index contributed by atoms with van der Waals surface area (Å²) in [6, 6.07) is 10.5. The molecule has 2 aromatic rings. The summed E-state index contributed by atoms with van der Waals surface area (Å²) in [7, 11) is -3.31. The largest absolute Gasteiger partial charge is 0.318 e. The van der Waals surface area contributed by atoms with Gasteiger partial charge in [0.1, 0.15) is 0 Å². The van der Waals surface area contributed by atoms with Crippen LogP contribution in [0.3, 0.4) is 0 Å². The first-order valence-electron chi connectivity index (χ1n) is 10.1. The van der Waals surface area contributed by atoms with Crippen LogP contribution >= 0.6 is 0 Å². The minimum atomic E-state index is -3.31. The second-order valence-electron chi connectivity index (χ2n) is 7.54. The summed E-state index contributed by atoms with van der Waals surface area (Å²) in [5, 5.41) is 0.236. The summed E-state index contributed by atoms with van der Waals surface area (Å²) in [5.41, 5.74) is 2.30. The van der Waals surface area contributed by atoms with Crippen LogP contribution in [-0.4, -0.2) is 35.2 Å². The molecule has 0 atom stereocenters. The molecule has 3 rings (SSSR count). The van der Waals surface area contributed by atoms with E-state index < -0.39 is 9.84 Å². The Morgan fingerprint density at radius 2 is 1.89 bits per heavy atom. The van der Waals surface area contributed by atoms with Gasteiger partial charge in [-0.25, -0.2) is 13.4 Å². The van der Waals surface area contributed by atoms with Crippen molar-refractivity contribution in [3.05, 3.63) is 47.8 Å². The van der Waals surface area contributed by atoms with E-state index in [1.807, 2.05) is 10.6 Å². The van der Waals surface area contributed by atoms with Crippen LogP contribution in [0.1, 0.15) is 50.8 Å². The molecule has 1 aromatic heterocycles. The molecule has 1 aliphatic carbocycles. The Morgan fingerprint density at radius 1 is 1.15 bits per heavy atom. The molecule has 0 aliphatic heterocycles. The number of sulfone groups is 1. The number of hydrogen-bond donors (Lipinski definition) is 0.